The predicted molar refractivity (Wildman–Crippen MR) is 99.8 cm³/mol. The minimum Gasteiger partial charge on any atom is -0.454 e. The molecule has 0 aliphatic carbocycles. The third-order valence-electron chi connectivity index (χ3n) is 3.81. The van der Waals surface area contributed by atoms with Crippen LogP contribution in [0.5, 0.6) is 11.5 Å². The van der Waals surface area contributed by atoms with Gasteiger partial charge in [-0.3, -0.25) is 4.79 Å². The summed E-state index contributed by atoms with van der Waals surface area (Å²) in [6, 6.07) is 11.4. The van der Waals surface area contributed by atoms with Gasteiger partial charge in [-0.15, -0.1) is 22.7 Å². The first-order valence-corrected chi connectivity index (χ1v) is 9.77. The van der Waals surface area contributed by atoms with Crippen LogP contribution < -0.4 is 9.47 Å². The number of rotatable bonds is 5. The molecular weight excluding hydrogens is 378 g/mol. The normalized spacial score (nSPS) is 12.4. The van der Waals surface area contributed by atoms with Gasteiger partial charge in [0.05, 0.1) is 18.1 Å². The summed E-state index contributed by atoms with van der Waals surface area (Å²) in [7, 11) is 0. The predicted octanol–water partition coefficient (Wildman–Crippen LogP) is 5.03. The van der Waals surface area contributed by atoms with E-state index in [1.165, 1.54) is 0 Å². The maximum atomic E-state index is 13.1. The molecular formula is C18H14ClNO3S2. The van der Waals surface area contributed by atoms with Gasteiger partial charge < -0.3 is 14.4 Å². The number of carbonyl (C=O) groups excluding carboxylic acids is 1. The van der Waals surface area contributed by atoms with E-state index in [2.05, 4.69) is 0 Å². The van der Waals surface area contributed by atoms with Gasteiger partial charge in [-0.25, -0.2) is 0 Å². The standard InChI is InChI=1S/C18H14ClNO3S2/c19-15-7-12(8-16-17(15)23-11-22-16)18(21)20(9-13-3-1-5-24-13)10-14-4-2-6-25-14/h1-8H,9-11H2. The molecule has 1 aliphatic heterocycles. The number of hydrogen-bond donors (Lipinski definition) is 0. The van der Waals surface area contributed by atoms with E-state index in [4.69, 9.17) is 21.1 Å². The average Bonchev–Trinajstić information content (AvgIpc) is 3.36. The summed E-state index contributed by atoms with van der Waals surface area (Å²) in [5, 5.41) is 4.42. The topological polar surface area (TPSA) is 38.8 Å². The van der Waals surface area contributed by atoms with Crippen LogP contribution in [0.4, 0.5) is 0 Å². The van der Waals surface area contributed by atoms with Crippen molar-refractivity contribution >= 4 is 40.2 Å². The van der Waals surface area contributed by atoms with E-state index in [-0.39, 0.29) is 12.7 Å². The van der Waals surface area contributed by atoms with Crippen LogP contribution in [0, 0.1) is 0 Å². The summed E-state index contributed by atoms with van der Waals surface area (Å²) in [6.45, 7) is 1.24. The number of nitrogens with zero attached hydrogens (tertiary/aromatic N) is 1. The third-order valence-corrected chi connectivity index (χ3v) is 5.82. The second-order valence-electron chi connectivity index (χ2n) is 5.51. The van der Waals surface area contributed by atoms with Crippen molar-refractivity contribution < 1.29 is 14.3 Å². The van der Waals surface area contributed by atoms with Gasteiger partial charge in [0.15, 0.2) is 11.5 Å². The first-order chi connectivity index (χ1) is 12.2. The Bertz CT molecular complexity index is 842. The second kappa shape index (κ2) is 7.07. The fraction of sp³-hybridized carbons (Fsp3) is 0.167. The number of carbonyl (C=O) groups is 1. The molecule has 1 aromatic carbocycles. The zero-order valence-electron chi connectivity index (χ0n) is 13.1. The van der Waals surface area contributed by atoms with Crippen LogP contribution in [0.1, 0.15) is 20.1 Å². The maximum Gasteiger partial charge on any atom is 0.254 e. The van der Waals surface area contributed by atoms with E-state index in [1.807, 2.05) is 39.9 Å². The van der Waals surface area contributed by atoms with Crippen LogP contribution >= 0.6 is 34.3 Å². The van der Waals surface area contributed by atoms with E-state index < -0.39 is 0 Å². The lowest BCUT2D eigenvalue weighted by Crippen LogP contribution is -2.29. The van der Waals surface area contributed by atoms with Gasteiger partial charge in [-0.05, 0) is 35.0 Å². The lowest BCUT2D eigenvalue weighted by molar-refractivity contribution is 0.0733. The molecule has 0 N–H and O–H groups in total. The molecule has 7 heteroatoms. The van der Waals surface area contributed by atoms with Crippen LogP contribution in [-0.4, -0.2) is 17.6 Å². The molecule has 3 heterocycles. The van der Waals surface area contributed by atoms with Crippen LogP contribution in [-0.2, 0) is 13.1 Å². The Morgan fingerprint density at radius 2 is 1.76 bits per heavy atom. The van der Waals surface area contributed by atoms with Crippen molar-refractivity contribution in [3.63, 3.8) is 0 Å². The lowest BCUT2D eigenvalue weighted by atomic mass is 10.1. The molecule has 0 atom stereocenters. The second-order valence-corrected chi connectivity index (χ2v) is 7.98. The summed E-state index contributed by atoms with van der Waals surface area (Å²) in [5.74, 6) is 0.936. The molecule has 2 aromatic heterocycles. The van der Waals surface area contributed by atoms with Crippen molar-refractivity contribution in [3.8, 4) is 11.5 Å². The lowest BCUT2D eigenvalue weighted by Gasteiger charge is -2.22. The van der Waals surface area contributed by atoms with Crippen molar-refractivity contribution in [2.45, 2.75) is 13.1 Å². The number of thiophene rings is 2. The van der Waals surface area contributed by atoms with Crippen molar-refractivity contribution in [1.29, 1.82) is 0 Å². The number of hydrogen-bond acceptors (Lipinski definition) is 5. The van der Waals surface area contributed by atoms with Gasteiger partial charge in [-0.1, -0.05) is 23.7 Å². The maximum absolute atomic E-state index is 13.1. The molecule has 0 fully saturated rings. The van der Waals surface area contributed by atoms with Crippen LogP contribution in [0.25, 0.3) is 0 Å². The Hall–Kier alpha value is -2.02. The highest BCUT2D eigenvalue weighted by Gasteiger charge is 2.24. The summed E-state index contributed by atoms with van der Waals surface area (Å²) in [4.78, 5) is 17.2. The number of ether oxygens (including phenoxy) is 2. The first kappa shape index (κ1) is 16.4. The fourth-order valence-corrected chi connectivity index (χ4v) is 4.36. The van der Waals surface area contributed by atoms with Crippen molar-refractivity contribution in [2.24, 2.45) is 0 Å². The zero-order valence-corrected chi connectivity index (χ0v) is 15.5. The number of benzene rings is 1. The first-order valence-electron chi connectivity index (χ1n) is 7.64. The van der Waals surface area contributed by atoms with E-state index in [0.717, 1.165) is 9.75 Å². The van der Waals surface area contributed by atoms with Crippen LogP contribution in [0.2, 0.25) is 5.02 Å². The minimum absolute atomic E-state index is 0.0815. The highest BCUT2D eigenvalue weighted by Crippen LogP contribution is 2.40. The van der Waals surface area contributed by atoms with Gasteiger partial charge in [0.2, 0.25) is 6.79 Å². The van der Waals surface area contributed by atoms with E-state index in [1.54, 1.807) is 34.8 Å². The Kier molecular flexibility index (Phi) is 4.65. The average molecular weight is 392 g/mol. The smallest absolute Gasteiger partial charge is 0.254 e. The molecule has 3 aromatic rings. The molecule has 4 nitrogen and oxygen atoms in total. The van der Waals surface area contributed by atoms with Gasteiger partial charge in [-0.2, -0.15) is 0 Å². The molecule has 0 saturated carbocycles. The Morgan fingerprint density at radius 1 is 1.08 bits per heavy atom. The summed E-state index contributed by atoms with van der Waals surface area (Å²) >= 11 is 9.51. The van der Waals surface area contributed by atoms with Gasteiger partial charge >= 0.3 is 0 Å². The number of amides is 1. The SMILES string of the molecule is O=C(c1cc(Cl)c2c(c1)OCO2)N(Cc1cccs1)Cc1cccs1. The monoisotopic (exact) mass is 391 g/mol. The highest BCUT2D eigenvalue weighted by molar-refractivity contribution is 7.10. The molecule has 1 amide bonds. The molecule has 0 spiro atoms. The zero-order chi connectivity index (χ0) is 17.2. The highest BCUT2D eigenvalue weighted by atomic mass is 35.5. The largest absolute Gasteiger partial charge is 0.454 e. The van der Waals surface area contributed by atoms with E-state index in [0.29, 0.717) is 35.2 Å². The molecule has 0 radical (unpaired) electrons. The fourth-order valence-electron chi connectivity index (χ4n) is 2.65. The van der Waals surface area contributed by atoms with Crippen LogP contribution in [0.15, 0.2) is 47.2 Å². The summed E-state index contributed by atoms with van der Waals surface area (Å²) in [5.41, 5.74) is 0.502. The number of fused-ring (bicyclic) bond motifs is 1. The minimum atomic E-state index is -0.0815. The van der Waals surface area contributed by atoms with Crippen molar-refractivity contribution in [1.82, 2.24) is 4.90 Å². The molecule has 128 valence electrons. The Balaban J connectivity index is 1.63. The van der Waals surface area contributed by atoms with Crippen LogP contribution in [0.3, 0.4) is 0 Å². The van der Waals surface area contributed by atoms with Gasteiger partial charge in [0, 0.05) is 15.3 Å². The molecule has 25 heavy (non-hydrogen) atoms. The van der Waals surface area contributed by atoms with E-state index >= 15 is 0 Å². The van der Waals surface area contributed by atoms with Gasteiger partial charge in [0.25, 0.3) is 5.91 Å². The molecule has 0 unspecified atom stereocenters. The van der Waals surface area contributed by atoms with Crippen molar-refractivity contribution in [3.05, 3.63) is 67.5 Å². The quantitative estimate of drug-likeness (QED) is 0.612. The number of halogens is 1. The van der Waals surface area contributed by atoms with Crippen molar-refractivity contribution in [2.75, 3.05) is 6.79 Å². The Morgan fingerprint density at radius 3 is 2.36 bits per heavy atom. The summed E-state index contributed by atoms with van der Waals surface area (Å²) < 4.78 is 10.7. The third kappa shape index (κ3) is 3.51. The summed E-state index contributed by atoms with van der Waals surface area (Å²) in [6.07, 6.45) is 0. The van der Waals surface area contributed by atoms with Gasteiger partial charge in [0.1, 0.15) is 0 Å². The molecule has 4 rings (SSSR count). The molecule has 1 aliphatic rings. The molecule has 0 saturated heterocycles. The van der Waals surface area contributed by atoms with E-state index in [9.17, 15) is 4.79 Å². The molecule has 0 bridgehead atoms. The Labute approximate surface area is 158 Å².